The molecule has 10 heavy (non-hydrogen) atoms. The van der Waals surface area contributed by atoms with E-state index in [1.807, 2.05) is 0 Å². The highest BCUT2D eigenvalue weighted by Crippen LogP contribution is 2.33. The number of hydrogen-bond acceptors (Lipinski definition) is 4. The van der Waals surface area contributed by atoms with E-state index in [4.69, 9.17) is 20.4 Å². The summed E-state index contributed by atoms with van der Waals surface area (Å²) in [4.78, 5) is 0. The number of halogens is 2. The minimum absolute atomic E-state index is 0.713. The van der Waals surface area contributed by atoms with Crippen molar-refractivity contribution >= 4 is 31.9 Å². The molecule has 0 saturated carbocycles. The molecular weight excluding hydrogens is 272 g/mol. The summed E-state index contributed by atoms with van der Waals surface area (Å²) in [5, 5.41) is 35.0. The molecule has 62 valence electrons. The lowest BCUT2D eigenvalue weighted by Crippen LogP contribution is -2.50. The molecule has 0 aromatic carbocycles. The number of hydrogen-bond donors (Lipinski definition) is 4. The first kappa shape index (κ1) is 10.8. The molecule has 0 aromatic rings. The molecule has 0 radical (unpaired) electrons. The van der Waals surface area contributed by atoms with Gasteiger partial charge in [-0.25, -0.2) is 0 Å². The van der Waals surface area contributed by atoms with Crippen molar-refractivity contribution in [3.63, 3.8) is 0 Å². The van der Waals surface area contributed by atoms with E-state index in [1.54, 1.807) is 0 Å². The molecule has 0 heterocycles. The first-order valence-electron chi connectivity index (χ1n) is 2.41. The lowest BCUT2D eigenvalue weighted by Gasteiger charge is -2.31. The Hall–Kier alpha value is 0.800. The van der Waals surface area contributed by atoms with Crippen LogP contribution in [0.5, 0.6) is 0 Å². The maximum atomic E-state index is 9.06. The quantitative estimate of drug-likeness (QED) is 0.507. The summed E-state index contributed by atoms with van der Waals surface area (Å²) in [7, 11) is 0. The maximum absolute atomic E-state index is 9.06. The molecule has 0 rings (SSSR count). The molecular formula is C4H8Br2O4. The molecule has 0 aromatic heterocycles. The Morgan fingerprint density at radius 1 is 0.900 bits per heavy atom. The molecule has 0 fully saturated rings. The van der Waals surface area contributed by atoms with E-state index in [-0.39, 0.29) is 0 Å². The van der Waals surface area contributed by atoms with Gasteiger partial charge in [0.2, 0.25) is 0 Å². The van der Waals surface area contributed by atoms with E-state index in [0.717, 1.165) is 0 Å². The van der Waals surface area contributed by atoms with Gasteiger partial charge in [-0.2, -0.15) is 0 Å². The van der Waals surface area contributed by atoms with E-state index in [1.165, 1.54) is 0 Å². The largest absolute Gasteiger partial charge is 0.392 e. The van der Waals surface area contributed by atoms with E-state index < -0.39 is 22.2 Å². The third kappa shape index (κ3) is 2.14. The average molecular weight is 280 g/mol. The SMILES string of the molecule is OC[C@](O)(Br)[C@](O)(Br)CO. The maximum Gasteiger partial charge on any atom is 0.183 e. The third-order valence-corrected chi connectivity index (χ3v) is 3.35. The van der Waals surface area contributed by atoms with E-state index >= 15 is 0 Å². The molecule has 0 aliphatic rings. The van der Waals surface area contributed by atoms with Crippen molar-refractivity contribution in [2.24, 2.45) is 0 Å². The van der Waals surface area contributed by atoms with Crippen LogP contribution in [-0.2, 0) is 0 Å². The molecule has 2 atom stereocenters. The van der Waals surface area contributed by atoms with Gasteiger partial charge in [-0.15, -0.1) is 0 Å². The highest BCUT2D eigenvalue weighted by molar-refractivity contribution is 9.12. The van der Waals surface area contributed by atoms with Gasteiger partial charge >= 0.3 is 0 Å². The van der Waals surface area contributed by atoms with Crippen LogP contribution in [0.4, 0.5) is 0 Å². The third-order valence-electron chi connectivity index (χ3n) is 1.01. The zero-order valence-electron chi connectivity index (χ0n) is 4.96. The molecule has 0 aliphatic heterocycles. The molecule has 4 nitrogen and oxygen atoms in total. The highest BCUT2D eigenvalue weighted by atomic mass is 79.9. The van der Waals surface area contributed by atoms with Gasteiger partial charge in [-0.05, 0) is 31.9 Å². The minimum atomic E-state index is -1.92. The Labute approximate surface area is 74.7 Å². The lowest BCUT2D eigenvalue weighted by atomic mass is 10.2. The zero-order chi connectivity index (χ0) is 8.41. The van der Waals surface area contributed by atoms with Crippen LogP contribution in [0.3, 0.4) is 0 Å². The molecule has 0 unspecified atom stereocenters. The molecule has 4 N–H and O–H groups in total. The van der Waals surface area contributed by atoms with E-state index in [9.17, 15) is 0 Å². The summed E-state index contributed by atoms with van der Waals surface area (Å²) >= 11 is 5.22. The second-order valence-electron chi connectivity index (χ2n) is 1.83. The van der Waals surface area contributed by atoms with Gasteiger partial charge in [0.15, 0.2) is 9.02 Å². The normalized spacial score (nSPS) is 23.4. The summed E-state index contributed by atoms with van der Waals surface area (Å²) < 4.78 is -3.84. The predicted molar refractivity (Wildman–Crippen MR) is 41.9 cm³/mol. The van der Waals surface area contributed by atoms with Crippen LogP contribution < -0.4 is 0 Å². The zero-order valence-corrected chi connectivity index (χ0v) is 8.13. The number of aliphatic hydroxyl groups is 4. The molecule has 0 aliphatic carbocycles. The van der Waals surface area contributed by atoms with Crippen molar-refractivity contribution in [1.29, 1.82) is 0 Å². The van der Waals surface area contributed by atoms with Gasteiger partial charge in [0.05, 0.1) is 13.2 Å². The number of alkyl halides is 2. The number of rotatable bonds is 3. The summed E-state index contributed by atoms with van der Waals surface area (Å²) in [6.45, 7) is -1.43. The fourth-order valence-corrected chi connectivity index (χ4v) is 0.493. The van der Waals surface area contributed by atoms with Crippen LogP contribution in [0.25, 0.3) is 0 Å². The van der Waals surface area contributed by atoms with Gasteiger partial charge in [-0.3, -0.25) is 0 Å². The van der Waals surface area contributed by atoms with Crippen LogP contribution >= 0.6 is 31.9 Å². The summed E-state index contributed by atoms with van der Waals surface area (Å²) in [5.41, 5.74) is 0. The van der Waals surface area contributed by atoms with Crippen molar-refractivity contribution < 1.29 is 20.4 Å². The Morgan fingerprint density at radius 3 is 1.20 bits per heavy atom. The Kier molecular flexibility index (Phi) is 3.74. The topological polar surface area (TPSA) is 80.9 Å². The standard InChI is InChI=1S/C4H8Br2O4/c5-3(9,1-7)4(6,10)2-8/h7-10H,1-2H2/t3-,4+. The van der Waals surface area contributed by atoms with Gasteiger partial charge in [0, 0.05) is 0 Å². The smallest absolute Gasteiger partial charge is 0.183 e. The first-order chi connectivity index (χ1) is 4.37. The van der Waals surface area contributed by atoms with Crippen molar-refractivity contribution in [3.8, 4) is 0 Å². The summed E-state index contributed by atoms with van der Waals surface area (Å²) in [5.74, 6) is 0. The summed E-state index contributed by atoms with van der Waals surface area (Å²) in [6.07, 6.45) is 0. The van der Waals surface area contributed by atoms with Crippen molar-refractivity contribution in [2.75, 3.05) is 13.2 Å². The highest BCUT2D eigenvalue weighted by Gasteiger charge is 2.44. The van der Waals surface area contributed by atoms with Crippen LogP contribution in [0.1, 0.15) is 0 Å². The number of aliphatic hydroxyl groups excluding tert-OH is 2. The van der Waals surface area contributed by atoms with Gasteiger partial charge in [0.25, 0.3) is 0 Å². The predicted octanol–water partition coefficient (Wildman–Crippen LogP) is -0.862. The molecule has 0 amide bonds. The van der Waals surface area contributed by atoms with Gasteiger partial charge in [0.1, 0.15) is 0 Å². The lowest BCUT2D eigenvalue weighted by molar-refractivity contribution is -0.0744. The molecule has 0 saturated heterocycles. The molecule has 0 spiro atoms. The molecule has 0 bridgehead atoms. The van der Waals surface area contributed by atoms with Crippen LogP contribution in [0.2, 0.25) is 0 Å². The monoisotopic (exact) mass is 278 g/mol. The van der Waals surface area contributed by atoms with Crippen molar-refractivity contribution in [3.05, 3.63) is 0 Å². The van der Waals surface area contributed by atoms with Crippen molar-refractivity contribution in [2.45, 2.75) is 9.02 Å². The van der Waals surface area contributed by atoms with Crippen LogP contribution in [-0.4, -0.2) is 42.7 Å². The Bertz CT molecular complexity index is 99.8. The van der Waals surface area contributed by atoms with Crippen LogP contribution in [0.15, 0.2) is 0 Å². The first-order valence-corrected chi connectivity index (χ1v) is 4.00. The fourth-order valence-electron chi connectivity index (χ4n) is 0.242. The second kappa shape index (κ2) is 3.46. The Balaban J connectivity index is 4.28. The van der Waals surface area contributed by atoms with Gasteiger partial charge in [-0.1, -0.05) is 0 Å². The minimum Gasteiger partial charge on any atom is -0.392 e. The fraction of sp³-hybridized carbons (Fsp3) is 1.00. The second-order valence-corrected chi connectivity index (χ2v) is 4.46. The average Bonchev–Trinajstić information content (AvgIpc) is 1.88. The summed E-state index contributed by atoms with van der Waals surface area (Å²) in [6, 6.07) is 0. The van der Waals surface area contributed by atoms with Crippen molar-refractivity contribution in [1.82, 2.24) is 0 Å². The van der Waals surface area contributed by atoms with E-state index in [2.05, 4.69) is 31.9 Å². The van der Waals surface area contributed by atoms with E-state index in [0.29, 0.717) is 0 Å². The Morgan fingerprint density at radius 2 is 1.10 bits per heavy atom. The van der Waals surface area contributed by atoms with Crippen LogP contribution in [0, 0.1) is 0 Å². The van der Waals surface area contributed by atoms with Gasteiger partial charge < -0.3 is 20.4 Å². The molecule has 6 heteroatoms.